The molecule has 1 rings (SSSR count). The summed E-state index contributed by atoms with van der Waals surface area (Å²) in [5.74, 6) is 0.660. The van der Waals surface area contributed by atoms with Gasteiger partial charge in [0.15, 0.2) is 0 Å². The van der Waals surface area contributed by atoms with Gasteiger partial charge in [0.25, 0.3) is 0 Å². The first-order valence-electron chi connectivity index (χ1n) is 3.15. The van der Waals surface area contributed by atoms with E-state index in [-0.39, 0.29) is 5.75 Å². The highest BCUT2D eigenvalue weighted by Crippen LogP contribution is 2.21. The molecule has 0 aliphatic heterocycles. The molecule has 2 N–H and O–H groups in total. The summed E-state index contributed by atoms with van der Waals surface area (Å²) in [5.41, 5.74) is 0.491. The predicted octanol–water partition coefficient (Wildman–Crippen LogP) is 1.40. The summed E-state index contributed by atoms with van der Waals surface area (Å²) >= 11 is 0. The minimum atomic E-state index is 0.0688. The second-order valence-corrected chi connectivity index (χ2v) is 2.07. The molecule has 0 amide bonds. The molecule has 3 heteroatoms. The number of phenols is 1. The van der Waals surface area contributed by atoms with Gasteiger partial charge in [-0.1, -0.05) is 0 Å². The van der Waals surface area contributed by atoms with E-state index in [0.717, 1.165) is 6.21 Å². The van der Waals surface area contributed by atoms with Crippen LogP contribution in [-0.4, -0.2) is 18.4 Å². The molecule has 0 aromatic heterocycles. The van der Waals surface area contributed by atoms with E-state index in [1.807, 2.05) is 0 Å². The molecule has 0 saturated heterocycles. The van der Waals surface area contributed by atoms with E-state index in [4.69, 9.17) is 10.1 Å². The fourth-order valence-corrected chi connectivity index (χ4v) is 0.773. The number of phenolic OH excluding ortho intramolecular Hbond substituents is 1. The average Bonchev–Trinajstić information content (AvgIpc) is 2.04. The van der Waals surface area contributed by atoms with Gasteiger partial charge < -0.3 is 15.3 Å². The average molecular weight is 151 g/mol. The van der Waals surface area contributed by atoms with E-state index in [1.54, 1.807) is 12.1 Å². The summed E-state index contributed by atoms with van der Waals surface area (Å²) in [6.07, 6.45) is 1.09. The molecule has 0 aliphatic rings. The highest BCUT2D eigenvalue weighted by atomic mass is 16.5. The largest absolute Gasteiger partial charge is 0.507 e. The van der Waals surface area contributed by atoms with Gasteiger partial charge in [0, 0.05) is 17.8 Å². The molecule has 0 saturated carbocycles. The first kappa shape index (κ1) is 7.60. The normalized spacial score (nSPS) is 9.18. The lowest BCUT2D eigenvalue weighted by Gasteiger charge is -2.01. The van der Waals surface area contributed by atoms with Crippen molar-refractivity contribution in [3.8, 4) is 11.5 Å². The summed E-state index contributed by atoms with van der Waals surface area (Å²) in [5, 5.41) is 16.1. The molecule has 1 aromatic rings. The monoisotopic (exact) mass is 151 g/mol. The van der Waals surface area contributed by atoms with Gasteiger partial charge in [-0.25, -0.2) is 0 Å². The maximum Gasteiger partial charge on any atom is 0.128 e. The standard InChI is InChI=1S/C8H9NO2/c1-11-7-3-2-6(5-9)8(10)4-7/h2-5,9-10H,1H3. The summed E-state index contributed by atoms with van der Waals surface area (Å²) in [6.45, 7) is 0. The van der Waals surface area contributed by atoms with Gasteiger partial charge in [-0.2, -0.15) is 0 Å². The number of benzene rings is 1. The molecule has 0 heterocycles. The Morgan fingerprint density at radius 2 is 2.27 bits per heavy atom. The smallest absolute Gasteiger partial charge is 0.128 e. The van der Waals surface area contributed by atoms with Gasteiger partial charge in [0.05, 0.1) is 7.11 Å². The molecule has 3 nitrogen and oxygen atoms in total. The second-order valence-electron chi connectivity index (χ2n) is 2.07. The van der Waals surface area contributed by atoms with Gasteiger partial charge in [0.1, 0.15) is 11.5 Å². The van der Waals surface area contributed by atoms with Crippen molar-refractivity contribution in [1.82, 2.24) is 0 Å². The van der Waals surface area contributed by atoms with Crippen LogP contribution in [0.25, 0.3) is 0 Å². The Bertz CT molecular complexity index is 271. The molecule has 0 aliphatic carbocycles. The number of hydrogen-bond acceptors (Lipinski definition) is 3. The Morgan fingerprint density at radius 1 is 1.55 bits per heavy atom. The van der Waals surface area contributed by atoms with E-state index in [2.05, 4.69) is 0 Å². The fourth-order valence-electron chi connectivity index (χ4n) is 0.773. The molecule has 1 aromatic carbocycles. The van der Waals surface area contributed by atoms with Crippen LogP contribution in [0.15, 0.2) is 18.2 Å². The first-order valence-corrected chi connectivity index (χ1v) is 3.15. The van der Waals surface area contributed by atoms with Crippen LogP contribution in [0.4, 0.5) is 0 Å². The molecule has 0 atom stereocenters. The highest BCUT2D eigenvalue weighted by molar-refractivity contribution is 5.81. The van der Waals surface area contributed by atoms with Gasteiger partial charge in [-0.15, -0.1) is 0 Å². The molecule has 0 unspecified atom stereocenters. The van der Waals surface area contributed by atoms with Crippen LogP contribution in [-0.2, 0) is 0 Å². The Balaban J connectivity index is 3.09. The number of aromatic hydroxyl groups is 1. The summed E-state index contributed by atoms with van der Waals surface area (Å²) in [4.78, 5) is 0. The van der Waals surface area contributed by atoms with E-state index in [1.165, 1.54) is 13.2 Å². The van der Waals surface area contributed by atoms with Crippen molar-refractivity contribution in [3.05, 3.63) is 23.8 Å². The second kappa shape index (κ2) is 3.05. The minimum absolute atomic E-state index is 0.0688. The van der Waals surface area contributed by atoms with Gasteiger partial charge in [-0.3, -0.25) is 0 Å². The Morgan fingerprint density at radius 3 is 2.73 bits per heavy atom. The van der Waals surface area contributed by atoms with E-state index in [9.17, 15) is 5.11 Å². The van der Waals surface area contributed by atoms with E-state index in [0.29, 0.717) is 11.3 Å². The summed E-state index contributed by atoms with van der Waals surface area (Å²) in [7, 11) is 1.53. The van der Waals surface area contributed by atoms with Crippen LogP contribution < -0.4 is 4.74 Å². The Kier molecular flexibility index (Phi) is 2.11. The topological polar surface area (TPSA) is 53.3 Å². The number of nitrogens with one attached hydrogen (secondary N) is 1. The van der Waals surface area contributed by atoms with Crippen LogP contribution in [0.5, 0.6) is 11.5 Å². The minimum Gasteiger partial charge on any atom is -0.507 e. The third kappa shape index (κ3) is 1.49. The van der Waals surface area contributed by atoms with Gasteiger partial charge >= 0.3 is 0 Å². The molecule has 0 radical (unpaired) electrons. The molecular formula is C8H9NO2. The molecule has 0 fully saturated rings. The maximum atomic E-state index is 9.19. The molecule has 0 spiro atoms. The lowest BCUT2D eigenvalue weighted by molar-refractivity contribution is 0.407. The van der Waals surface area contributed by atoms with Crippen molar-refractivity contribution in [1.29, 1.82) is 5.41 Å². The van der Waals surface area contributed by atoms with Crippen molar-refractivity contribution in [3.63, 3.8) is 0 Å². The molecule has 58 valence electrons. The van der Waals surface area contributed by atoms with Crippen LogP contribution in [0.2, 0.25) is 0 Å². The van der Waals surface area contributed by atoms with Crippen molar-refractivity contribution < 1.29 is 9.84 Å². The van der Waals surface area contributed by atoms with Crippen molar-refractivity contribution in [2.75, 3.05) is 7.11 Å². The Hall–Kier alpha value is -1.51. The van der Waals surface area contributed by atoms with E-state index >= 15 is 0 Å². The van der Waals surface area contributed by atoms with Gasteiger partial charge in [0.2, 0.25) is 0 Å². The van der Waals surface area contributed by atoms with Crippen LogP contribution in [0.1, 0.15) is 5.56 Å². The first-order chi connectivity index (χ1) is 5.27. The SMILES string of the molecule is COc1ccc(C=N)c(O)c1. The third-order valence-corrected chi connectivity index (χ3v) is 1.39. The van der Waals surface area contributed by atoms with Crippen molar-refractivity contribution in [2.45, 2.75) is 0 Å². The highest BCUT2D eigenvalue weighted by Gasteiger charge is 1.98. The zero-order chi connectivity index (χ0) is 8.27. The number of rotatable bonds is 2. The van der Waals surface area contributed by atoms with Crippen LogP contribution >= 0.6 is 0 Å². The predicted molar refractivity (Wildman–Crippen MR) is 42.5 cm³/mol. The van der Waals surface area contributed by atoms with Crippen LogP contribution in [0, 0.1) is 5.41 Å². The number of ether oxygens (including phenoxy) is 1. The third-order valence-electron chi connectivity index (χ3n) is 1.39. The maximum absolute atomic E-state index is 9.19. The Labute approximate surface area is 64.8 Å². The number of methoxy groups -OCH3 is 1. The zero-order valence-electron chi connectivity index (χ0n) is 6.16. The van der Waals surface area contributed by atoms with Crippen molar-refractivity contribution >= 4 is 6.21 Å². The van der Waals surface area contributed by atoms with Crippen LogP contribution in [0.3, 0.4) is 0 Å². The van der Waals surface area contributed by atoms with E-state index < -0.39 is 0 Å². The van der Waals surface area contributed by atoms with Crippen molar-refractivity contribution in [2.24, 2.45) is 0 Å². The zero-order valence-corrected chi connectivity index (χ0v) is 6.16. The quantitative estimate of drug-likeness (QED) is 0.627. The molecule has 0 bridgehead atoms. The summed E-state index contributed by atoms with van der Waals surface area (Å²) in [6, 6.07) is 4.79. The lowest BCUT2D eigenvalue weighted by atomic mass is 10.2. The summed E-state index contributed by atoms with van der Waals surface area (Å²) < 4.78 is 4.86. The molecule has 11 heavy (non-hydrogen) atoms. The molecular weight excluding hydrogens is 142 g/mol. The number of hydrogen-bond donors (Lipinski definition) is 2. The van der Waals surface area contributed by atoms with Gasteiger partial charge in [-0.05, 0) is 12.1 Å². The lowest BCUT2D eigenvalue weighted by Crippen LogP contribution is -1.85. The fraction of sp³-hybridized carbons (Fsp3) is 0.125.